The number of hydrogen-bond acceptors (Lipinski definition) is 2. The van der Waals surface area contributed by atoms with E-state index in [0.29, 0.717) is 0 Å². The van der Waals surface area contributed by atoms with Gasteiger partial charge in [-0.3, -0.25) is 0 Å². The first kappa shape index (κ1) is 15.8. The van der Waals surface area contributed by atoms with E-state index in [0.717, 1.165) is 11.1 Å². The summed E-state index contributed by atoms with van der Waals surface area (Å²) >= 11 is 0. The molecule has 0 fully saturated rings. The molecule has 2 aromatic carbocycles. The van der Waals surface area contributed by atoms with Gasteiger partial charge in [0.25, 0.3) is 0 Å². The SMILES string of the molecule is Cc1ccc(S(=O)(=O)[C-]=Cc2ccccc2)cc1.[Li+]. The molecule has 0 heterocycles. The van der Waals surface area contributed by atoms with Crippen molar-refractivity contribution in [3.8, 4) is 0 Å². The van der Waals surface area contributed by atoms with E-state index in [2.05, 4.69) is 5.41 Å². The Morgan fingerprint density at radius 3 is 2.11 bits per heavy atom. The number of rotatable bonds is 3. The average Bonchev–Trinajstić information content (AvgIpc) is 2.38. The second kappa shape index (κ2) is 6.77. The van der Waals surface area contributed by atoms with E-state index in [1.54, 1.807) is 24.3 Å². The fraction of sp³-hybridized carbons (Fsp3) is 0.0667. The average molecular weight is 264 g/mol. The van der Waals surface area contributed by atoms with Gasteiger partial charge in [-0.25, -0.2) is 14.5 Å². The van der Waals surface area contributed by atoms with Crippen molar-refractivity contribution in [2.24, 2.45) is 0 Å². The maximum atomic E-state index is 12.0. The second-order valence-corrected chi connectivity index (χ2v) is 5.70. The molecule has 0 aliphatic rings. The van der Waals surface area contributed by atoms with E-state index >= 15 is 0 Å². The van der Waals surface area contributed by atoms with E-state index < -0.39 is 9.84 Å². The number of aryl methyl sites for hydroxylation is 1. The van der Waals surface area contributed by atoms with Gasteiger partial charge in [0, 0.05) is 0 Å². The smallest absolute Gasteiger partial charge is 0.239 e. The number of sulfone groups is 1. The number of benzene rings is 2. The summed E-state index contributed by atoms with van der Waals surface area (Å²) in [5.74, 6) is 0. The largest absolute Gasteiger partial charge is 1.00 e. The molecule has 2 nitrogen and oxygen atoms in total. The molecule has 0 radical (unpaired) electrons. The van der Waals surface area contributed by atoms with Gasteiger partial charge in [0.05, 0.1) is 4.90 Å². The Morgan fingerprint density at radius 1 is 0.947 bits per heavy atom. The summed E-state index contributed by atoms with van der Waals surface area (Å²) in [6, 6.07) is 16.0. The first-order chi connectivity index (χ1) is 8.58. The van der Waals surface area contributed by atoms with Crippen LogP contribution in [0.15, 0.2) is 59.5 Å². The minimum atomic E-state index is -3.48. The Morgan fingerprint density at radius 2 is 1.53 bits per heavy atom. The van der Waals surface area contributed by atoms with E-state index in [4.69, 9.17) is 0 Å². The van der Waals surface area contributed by atoms with Gasteiger partial charge in [0.2, 0.25) is 0 Å². The molecule has 0 atom stereocenters. The predicted octanol–water partition coefficient (Wildman–Crippen LogP) is 0.247. The molecule has 0 bridgehead atoms. The van der Waals surface area contributed by atoms with E-state index in [1.165, 1.54) is 6.08 Å². The first-order valence-corrected chi connectivity index (χ1v) is 7.03. The summed E-state index contributed by atoms with van der Waals surface area (Å²) < 4.78 is 23.9. The van der Waals surface area contributed by atoms with Crippen molar-refractivity contribution < 1.29 is 27.3 Å². The van der Waals surface area contributed by atoms with Gasteiger partial charge in [0.15, 0.2) is 0 Å². The Balaban J connectivity index is 0.00000180. The Kier molecular flexibility index (Phi) is 5.62. The Hall–Kier alpha value is -1.27. The molecule has 0 saturated heterocycles. The van der Waals surface area contributed by atoms with Crippen LogP contribution in [-0.4, -0.2) is 8.42 Å². The van der Waals surface area contributed by atoms with Gasteiger partial charge >= 0.3 is 18.9 Å². The van der Waals surface area contributed by atoms with Crippen LogP contribution in [0.4, 0.5) is 0 Å². The summed E-state index contributed by atoms with van der Waals surface area (Å²) in [6.07, 6.45) is 1.48. The van der Waals surface area contributed by atoms with E-state index in [9.17, 15) is 8.42 Å². The molecule has 92 valence electrons. The van der Waals surface area contributed by atoms with Crippen LogP contribution >= 0.6 is 0 Å². The van der Waals surface area contributed by atoms with Gasteiger partial charge in [-0.1, -0.05) is 35.9 Å². The standard InChI is InChI=1S/C15H13O2S.Li/c1-13-7-9-15(10-8-13)18(16,17)12-11-14-5-3-2-4-6-14;/h2-11H,1H3;/q-1;+1. The molecule has 0 spiro atoms. The van der Waals surface area contributed by atoms with Crippen LogP contribution in [-0.2, 0) is 9.84 Å². The van der Waals surface area contributed by atoms with Gasteiger partial charge < -0.3 is 0 Å². The van der Waals surface area contributed by atoms with Crippen molar-refractivity contribution in [2.45, 2.75) is 11.8 Å². The van der Waals surface area contributed by atoms with Crippen molar-refractivity contribution in [3.63, 3.8) is 0 Å². The molecule has 0 N–H and O–H groups in total. The summed E-state index contributed by atoms with van der Waals surface area (Å²) in [5.41, 5.74) is 1.84. The third-order valence-corrected chi connectivity index (χ3v) is 3.83. The molecule has 0 aliphatic heterocycles. The molecule has 2 rings (SSSR count). The number of hydrogen-bond donors (Lipinski definition) is 0. The molecule has 0 aliphatic carbocycles. The predicted molar refractivity (Wildman–Crippen MR) is 72.5 cm³/mol. The Labute approximate surface area is 126 Å². The molecule has 0 amide bonds. The summed E-state index contributed by atoms with van der Waals surface area (Å²) in [6.45, 7) is 1.92. The molecule has 0 unspecified atom stereocenters. The van der Waals surface area contributed by atoms with Crippen molar-refractivity contribution in [2.75, 3.05) is 0 Å². The molecular weight excluding hydrogens is 251 g/mol. The van der Waals surface area contributed by atoms with Crippen LogP contribution in [0.2, 0.25) is 0 Å². The first-order valence-electron chi connectivity index (χ1n) is 5.55. The van der Waals surface area contributed by atoms with Crippen molar-refractivity contribution in [1.82, 2.24) is 0 Å². The quantitative estimate of drug-likeness (QED) is 0.588. The zero-order chi connectivity index (χ0) is 13.0. The maximum absolute atomic E-state index is 12.0. The molecule has 4 heteroatoms. The van der Waals surface area contributed by atoms with Crippen LogP contribution in [0, 0.1) is 12.3 Å². The van der Waals surface area contributed by atoms with E-state index in [1.807, 2.05) is 37.3 Å². The van der Waals surface area contributed by atoms with Crippen LogP contribution in [0.5, 0.6) is 0 Å². The van der Waals surface area contributed by atoms with Gasteiger partial charge in [-0.05, 0) is 19.1 Å². The topological polar surface area (TPSA) is 34.1 Å². The van der Waals surface area contributed by atoms with Crippen LogP contribution in [0.3, 0.4) is 0 Å². The molecule has 2 aromatic rings. The summed E-state index contributed by atoms with van der Waals surface area (Å²) in [7, 11) is -3.48. The third kappa shape index (κ3) is 4.40. The molecule has 0 saturated carbocycles. The molecule has 19 heavy (non-hydrogen) atoms. The third-order valence-electron chi connectivity index (χ3n) is 2.51. The minimum Gasteiger partial charge on any atom is -0.239 e. The fourth-order valence-electron chi connectivity index (χ4n) is 1.48. The van der Waals surface area contributed by atoms with Gasteiger partial charge in [0.1, 0.15) is 9.84 Å². The summed E-state index contributed by atoms with van der Waals surface area (Å²) in [4.78, 5) is 0.264. The normalized spacial score (nSPS) is 11.2. The summed E-state index contributed by atoms with van der Waals surface area (Å²) in [5, 5.41) is 2.46. The van der Waals surface area contributed by atoms with Crippen LogP contribution in [0.1, 0.15) is 11.1 Å². The van der Waals surface area contributed by atoms with Gasteiger partial charge in [-0.15, -0.1) is 17.5 Å². The van der Waals surface area contributed by atoms with Crippen LogP contribution < -0.4 is 18.9 Å². The monoisotopic (exact) mass is 264 g/mol. The van der Waals surface area contributed by atoms with E-state index in [-0.39, 0.29) is 23.8 Å². The zero-order valence-electron chi connectivity index (χ0n) is 11.0. The fourth-order valence-corrected chi connectivity index (χ4v) is 2.40. The van der Waals surface area contributed by atoms with Gasteiger partial charge in [-0.2, -0.15) is 5.56 Å². The maximum Gasteiger partial charge on any atom is 1.00 e. The minimum absolute atomic E-state index is 0. The molecule has 0 aromatic heterocycles. The molecular formula is C15H13LiO2S. The zero-order valence-corrected chi connectivity index (χ0v) is 11.8. The van der Waals surface area contributed by atoms with Crippen molar-refractivity contribution >= 4 is 15.9 Å². The van der Waals surface area contributed by atoms with Crippen molar-refractivity contribution in [1.29, 1.82) is 0 Å². The van der Waals surface area contributed by atoms with Crippen LogP contribution in [0.25, 0.3) is 6.08 Å². The second-order valence-electron chi connectivity index (χ2n) is 3.99. The van der Waals surface area contributed by atoms with Crippen molar-refractivity contribution in [3.05, 3.63) is 71.1 Å². The Bertz CT molecular complexity index is 644.